The number of aromatic nitrogens is 2. The minimum atomic E-state index is -4.57. The van der Waals surface area contributed by atoms with E-state index in [0.717, 1.165) is 72.5 Å². The first-order valence-electron chi connectivity index (χ1n) is 14.3. The second-order valence-electron chi connectivity index (χ2n) is 11.7. The number of hydrogen-bond acceptors (Lipinski definition) is 4. The van der Waals surface area contributed by atoms with Crippen molar-refractivity contribution in [1.82, 2.24) is 14.5 Å². The minimum Gasteiger partial charge on any atom is -0.379 e. The number of imidazole rings is 1. The van der Waals surface area contributed by atoms with Crippen molar-refractivity contribution in [3.05, 3.63) is 89.3 Å². The molecule has 6 rings (SSSR count). The molecule has 3 atom stereocenters. The quantitative estimate of drug-likeness (QED) is 0.305. The first kappa shape index (κ1) is 28.1. The van der Waals surface area contributed by atoms with E-state index in [9.17, 15) is 17.6 Å². The summed E-state index contributed by atoms with van der Waals surface area (Å²) in [6, 6.07) is 12.2. The third-order valence-electron chi connectivity index (χ3n) is 8.82. The zero-order valence-corrected chi connectivity index (χ0v) is 23.3. The molecule has 2 fully saturated rings. The molecule has 0 radical (unpaired) electrons. The highest BCUT2D eigenvalue weighted by Gasteiger charge is 2.51. The summed E-state index contributed by atoms with van der Waals surface area (Å²) in [6.45, 7) is 8.66. The monoisotopic (exact) mass is 569 g/mol. The van der Waals surface area contributed by atoms with Crippen molar-refractivity contribution in [1.29, 1.82) is 0 Å². The molecule has 218 valence electrons. The third kappa shape index (κ3) is 5.47. The molecule has 1 spiro atoms. The fourth-order valence-electron chi connectivity index (χ4n) is 6.94. The number of ether oxygens (including phenoxy) is 2. The highest BCUT2D eigenvalue weighted by Crippen LogP contribution is 2.54. The molecular weight excluding hydrogens is 534 g/mol. The number of alkyl halides is 3. The summed E-state index contributed by atoms with van der Waals surface area (Å²) < 4.78 is 68.3. The van der Waals surface area contributed by atoms with Gasteiger partial charge in [0.05, 0.1) is 25.4 Å². The normalized spacial score (nSPS) is 25.4. The molecule has 1 aliphatic carbocycles. The SMILES string of the molecule is CC(C)c1ccc(-n2ccnc2C(F)(F)F)cc1C1=C[C@@]2(CCC(CN3CCOCC3)C2c2ccc(F)cc2)OC1. The summed E-state index contributed by atoms with van der Waals surface area (Å²) in [5, 5.41) is 0. The fraction of sp³-hybridized carbons (Fsp3) is 0.469. The second-order valence-corrected chi connectivity index (χ2v) is 11.7. The van der Waals surface area contributed by atoms with Gasteiger partial charge in [-0.15, -0.1) is 0 Å². The van der Waals surface area contributed by atoms with Crippen LogP contribution in [0, 0.1) is 11.7 Å². The number of nitrogens with zero attached hydrogens (tertiary/aromatic N) is 3. The lowest BCUT2D eigenvalue weighted by molar-refractivity contribution is -0.145. The van der Waals surface area contributed by atoms with Crippen molar-refractivity contribution in [3.63, 3.8) is 0 Å². The summed E-state index contributed by atoms with van der Waals surface area (Å²) in [5.74, 6) is -0.728. The average molecular weight is 570 g/mol. The van der Waals surface area contributed by atoms with Gasteiger partial charge in [-0.1, -0.05) is 32.0 Å². The van der Waals surface area contributed by atoms with E-state index < -0.39 is 17.6 Å². The minimum absolute atomic E-state index is 0.0274. The van der Waals surface area contributed by atoms with Crippen molar-refractivity contribution in [2.24, 2.45) is 5.92 Å². The number of benzene rings is 2. The Morgan fingerprint density at radius 2 is 1.83 bits per heavy atom. The molecule has 1 aromatic heterocycles. The van der Waals surface area contributed by atoms with Crippen molar-refractivity contribution < 1.29 is 27.0 Å². The van der Waals surface area contributed by atoms with E-state index in [1.165, 1.54) is 24.5 Å². The van der Waals surface area contributed by atoms with E-state index in [1.807, 2.05) is 24.3 Å². The van der Waals surface area contributed by atoms with Crippen LogP contribution in [0.4, 0.5) is 17.6 Å². The van der Waals surface area contributed by atoms with Crippen molar-refractivity contribution in [3.8, 4) is 5.69 Å². The van der Waals surface area contributed by atoms with Crippen LogP contribution in [0.2, 0.25) is 0 Å². The Labute approximate surface area is 237 Å². The molecule has 9 heteroatoms. The van der Waals surface area contributed by atoms with Crippen LogP contribution in [0.3, 0.4) is 0 Å². The average Bonchev–Trinajstić information content (AvgIpc) is 3.69. The zero-order valence-electron chi connectivity index (χ0n) is 23.3. The number of hydrogen-bond donors (Lipinski definition) is 0. The molecule has 3 heterocycles. The van der Waals surface area contributed by atoms with E-state index in [0.29, 0.717) is 18.2 Å². The first-order valence-corrected chi connectivity index (χ1v) is 14.3. The molecule has 1 saturated heterocycles. The molecule has 0 bridgehead atoms. The maximum absolute atomic E-state index is 13.9. The van der Waals surface area contributed by atoms with Gasteiger partial charge in [-0.25, -0.2) is 9.37 Å². The standard InChI is InChI=1S/C32H35F4N3O2/c1-21(2)27-8-7-26(39-12-11-37-30(39)32(34,35)36)17-28(27)24-18-31(41-20-24)10-9-23(19-38-13-15-40-16-14-38)29(31)22-3-5-25(33)6-4-22/h3-8,11-12,17-18,21,23,29H,9-10,13-16,19-20H2,1-2H3/t23?,29?,31-/m1/s1. The van der Waals surface area contributed by atoms with Gasteiger partial charge in [0.15, 0.2) is 0 Å². The Balaban J connectivity index is 1.39. The van der Waals surface area contributed by atoms with Crippen molar-refractivity contribution >= 4 is 5.57 Å². The van der Waals surface area contributed by atoms with E-state index >= 15 is 0 Å². The lowest BCUT2D eigenvalue weighted by Crippen LogP contribution is -2.41. The van der Waals surface area contributed by atoms with Crippen molar-refractivity contribution in [2.75, 3.05) is 39.5 Å². The van der Waals surface area contributed by atoms with Gasteiger partial charge in [0, 0.05) is 43.6 Å². The van der Waals surface area contributed by atoms with Crippen LogP contribution >= 0.6 is 0 Å². The Kier molecular flexibility index (Phi) is 7.55. The lowest BCUT2D eigenvalue weighted by atomic mass is 9.79. The molecule has 3 aliphatic rings. The van der Waals surface area contributed by atoms with Gasteiger partial charge in [0.1, 0.15) is 5.82 Å². The maximum Gasteiger partial charge on any atom is 0.450 e. The Bertz CT molecular complexity index is 1410. The topological polar surface area (TPSA) is 39.5 Å². The summed E-state index contributed by atoms with van der Waals surface area (Å²) in [6.07, 6.45) is 1.95. The van der Waals surface area contributed by atoms with Crippen LogP contribution < -0.4 is 0 Å². The van der Waals surface area contributed by atoms with Gasteiger partial charge in [-0.05, 0) is 77.3 Å². The van der Waals surface area contributed by atoms with Gasteiger partial charge in [-0.2, -0.15) is 13.2 Å². The summed E-state index contributed by atoms with van der Waals surface area (Å²) in [5.41, 5.74) is 3.80. The van der Waals surface area contributed by atoms with Crippen LogP contribution in [-0.2, 0) is 15.7 Å². The van der Waals surface area contributed by atoms with Gasteiger partial charge >= 0.3 is 6.18 Å². The number of rotatable bonds is 6. The van der Waals surface area contributed by atoms with Crippen LogP contribution in [0.5, 0.6) is 0 Å². The Hall–Kier alpha value is -3.01. The number of morpholine rings is 1. The van der Waals surface area contributed by atoms with Crippen LogP contribution in [-0.4, -0.2) is 59.5 Å². The predicted molar refractivity (Wildman–Crippen MR) is 148 cm³/mol. The molecule has 41 heavy (non-hydrogen) atoms. The Morgan fingerprint density at radius 3 is 2.54 bits per heavy atom. The molecule has 2 aliphatic heterocycles. The van der Waals surface area contributed by atoms with Crippen LogP contribution in [0.1, 0.15) is 61.0 Å². The molecule has 1 saturated carbocycles. The lowest BCUT2D eigenvalue weighted by Gasteiger charge is -2.36. The van der Waals surface area contributed by atoms with Gasteiger partial charge in [-0.3, -0.25) is 9.47 Å². The smallest absolute Gasteiger partial charge is 0.379 e. The number of halogens is 4. The molecule has 2 aromatic carbocycles. The third-order valence-corrected chi connectivity index (χ3v) is 8.82. The molecule has 3 aromatic rings. The van der Waals surface area contributed by atoms with Crippen LogP contribution in [0.15, 0.2) is 60.9 Å². The molecular formula is C32H35F4N3O2. The van der Waals surface area contributed by atoms with E-state index in [4.69, 9.17) is 9.47 Å². The molecule has 0 N–H and O–H groups in total. The fourth-order valence-corrected chi connectivity index (χ4v) is 6.94. The largest absolute Gasteiger partial charge is 0.450 e. The summed E-state index contributed by atoms with van der Waals surface area (Å²) >= 11 is 0. The highest BCUT2D eigenvalue weighted by molar-refractivity contribution is 5.74. The van der Waals surface area contributed by atoms with E-state index in [1.54, 1.807) is 6.07 Å². The molecule has 0 amide bonds. The summed E-state index contributed by atoms with van der Waals surface area (Å²) in [7, 11) is 0. The highest BCUT2D eigenvalue weighted by atomic mass is 19.4. The second kappa shape index (κ2) is 11.0. The van der Waals surface area contributed by atoms with Gasteiger partial charge in [0.25, 0.3) is 0 Å². The van der Waals surface area contributed by atoms with Crippen molar-refractivity contribution in [2.45, 2.75) is 50.3 Å². The van der Waals surface area contributed by atoms with E-state index in [2.05, 4.69) is 29.8 Å². The first-order chi connectivity index (χ1) is 19.6. The predicted octanol–water partition coefficient (Wildman–Crippen LogP) is 6.83. The van der Waals surface area contributed by atoms with Crippen LogP contribution in [0.25, 0.3) is 11.3 Å². The maximum atomic E-state index is 13.9. The van der Waals surface area contributed by atoms with Gasteiger partial charge in [0.2, 0.25) is 5.82 Å². The van der Waals surface area contributed by atoms with E-state index in [-0.39, 0.29) is 17.7 Å². The van der Waals surface area contributed by atoms with Gasteiger partial charge < -0.3 is 9.47 Å². The Morgan fingerprint density at radius 1 is 1.07 bits per heavy atom. The summed E-state index contributed by atoms with van der Waals surface area (Å²) in [4.78, 5) is 6.01. The zero-order chi connectivity index (χ0) is 28.8. The molecule has 2 unspecified atom stereocenters. The molecule has 5 nitrogen and oxygen atoms in total.